The van der Waals surface area contributed by atoms with Crippen molar-refractivity contribution in [1.29, 1.82) is 0 Å². The number of carbonyl (C=O) groups is 1. The van der Waals surface area contributed by atoms with Gasteiger partial charge < -0.3 is 24.6 Å². The average Bonchev–Trinajstić information content (AvgIpc) is 2.52. The normalized spacial score (nSPS) is 24.7. The highest BCUT2D eigenvalue weighted by atomic mass is 16.7. The van der Waals surface area contributed by atoms with Crippen LogP contribution in [0.5, 0.6) is 0 Å². The van der Waals surface area contributed by atoms with E-state index in [2.05, 4.69) is 5.32 Å². The lowest BCUT2D eigenvalue weighted by Gasteiger charge is -2.26. The Morgan fingerprint density at radius 3 is 2.56 bits per heavy atom. The number of hydrogen-bond donors (Lipinski definition) is 2. The number of ether oxygens (including phenoxy) is 3. The molecule has 2 atom stereocenters. The van der Waals surface area contributed by atoms with Gasteiger partial charge in [-0.3, -0.25) is 0 Å². The van der Waals surface area contributed by atoms with Crippen molar-refractivity contribution in [3.05, 3.63) is 0 Å². The number of amides is 1. The Kier molecular flexibility index (Phi) is 4.58. The Balaban J connectivity index is 2.50. The summed E-state index contributed by atoms with van der Waals surface area (Å²) in [5.41, 5.74) is -0.573. The van der Waals surface area contributed by atoms with E-state index >= 15 is 0 Å². The maximum Gasteiger partial charge on any atom is 0.408 e. The van der Waals surface area contributed by atoms with Crippen LogP contribution in [0.25, 0.3) is 0 Å². The molecule has 2 N–H and O–H groups in total. The SMILES string of the molecule is CC(C)(C)OC(=O)NC(CO)[C@H]1COC(C)(C)O1. The molecule has 1 aliphatic heterocycles. The summed E-state index contributed by atoms with van der Waals surface area (Å²) in [5.74, 6) is -0.687. The first kappa shape index (κ1) is 15.2. The quantitative estimate of drug-likeness (QED) is 0.793. The Bertz CT molecular complexity index is 297. The molecule has 0 aliphatic carbocycles. The van der Waals surface area contributed by atoms with Gasteiger partial charge in [0.15, 0.2) is 5.79 Å². The summed E-state index contributed by atoms with van der Waals surface area (Å²) in [4.78, 5) is 11.6. The Morgan fingerprint density at radius 1 is 1.56 bits per heavy atom. The van der Waals surface area contributed by atoms with Gasteiger partial charge in [-0.25, -0.2) is 4.79 Å². The van der Waals surface area contributed by atoms with E-state index in [0.717, 1.165) is 0 Å². The lowest BCUT2D eigenvalue weighted by molar-refractivity contribution is -0.142. The van der Waals surface area contributed by atoms with Gasteiger partial charge >= 0.3 is 6.09 Å². The van der Waals surface area contributed by atoms with Crippen molar-refractivity contribution in [3.8, 4) is 0 Å². The van der Waals surface area contributed by atoms with E-state index in [1.54, 1.807) is 34.6 Å². The van der Waals surface area contributed by atoms with Crippen LogP contribution in [0, 0.1) is 0 Å². The summed E-state index contributed by atoms with van der Waals surface area (Å²) in [6.07, 6.45) is -0.952. The second-order valence-corrected chi connectivity index (χ2v) is 5.80. The van der Waals surface area contributed by atoms with E-state index in [4.69, 9.17) is 14.2 Å². The van der Waals surface area contributed by atoms with Gasteiger partial charge in [0.05, 0.1) is 19.3 Å². The van der Waals surface area contributed by atoms with Gasteiger partial charge in [-0.2, -0.15) is 0 Å². The number of aliphatic hydroxyl groups excluding tert-OH is 1. The van der Waals surface area contributed by atoms with E-state index in [-0.39, 0.29) is 12.7 Å². The van der Waals surface area contributed by atoms with Crippen molar-refractivity contribution in [2.45, 2.75) is 58.2 Å². The molecule has 1 aliphatic rings. The molecule has 0 spiro atoms. The minimum absolute atomic E-state index is 0.233. The number of carbonyl (C=O) groups excluding carboxylic acids is 1. The Labute approximate surface area is 108 Å². The van der Waals surface area contributed by atoms with E-state index in [1.807, 2.05) is 0 Å². The predicted molar refractivity (Wildman–Crippen MR) is 65.1 cm³/mol. The third kappa shape index (κ3) is 4.80. The lowest BCUT2D eigenvalue weighted by atomic mass is 10.2. The molecule has 1 rings (SSSR count). The van der Waals surface area contributed by atoms with E-state index < -0.39 is 23.5 Å². The fourth-order valence-corrected chi connectivity index (χ4v) is 1.63. The summed E-state index contributed by atoms with van der Waals surface area (Å²) < 4.78 is 16.1. The molecule has 1 saturated heterocycles. The minimum Gasteiger partial charge on any atom is -0.444 e. The molecule has 0 aromatic heterocycles. The van der Waals surface area contributed by atoms with E-state index in [0.29, 0.717) is 6.61 Å². The molecule has 106 valence electrons. The third-order valence-corrected chi connectivity index (χ3v) is 2.38. The number of nitrogens with one attached hydrogen (secondary N) is 1. The molecule has 0 bridgehead atoms. The zero-order valence-corrected chi connectivity index (χ0v) is 11.6. The largest absolute Gasteiger partial charge is 0.444 e. The third-order valence-electron chi connectivity index (χ3n) is 2.38. The van der Waals surface area contributed by atoms with Crippen LogP contribution >= 0.6 is 0 Å². The number of alkyl carbamates (subject to hydrolysis) is 1. The van der Waals surface area contributed by atoms with Crippen molar-refractivity contribution in [3.63, 3.8) is 0 Å². The lowest BCUT2D eigenvalue weighted by Crippen LogP contribution is -2.48. The van der Waals surface area contributed by atoms with Crippen LogP contribution in [0.2, 0.25) is 0 Å². The highest BCUT2D eigenvalue weighted by Gasteiger charge is 2.38. The number of hydrogen-bond acceptors (Lipinski definition) is 5. The Hall–Kier alpha value is -0.850. The monoisotopic (exact) mass is 261 g/mol. The van der Waals surface area contributed by atoms with E-state index in [9.17, 15) is 9.90 Å². The molecule has 1 amide bonds. The second-order valence-electron chi connectivity index (χ2n) is 5.80. The molecular weight excluding hydrogens is 238 g/mol. The maximum atomic E-state index is 11.6. The first-order chi connectivity index (χ1) is 8.13. The molecule has 0 radical (unpaired) electrons. The van der Waals surface area contributed by atoms with Gasteiger partial charge in [0.1, 0.15) is 11.7 Å². The van der Waals surface area contributed by atoms with Crippen LogP contribution in [0.1, 0.15) is 34.6 Å². The number of aliphatic hydroxyl groups is 1. The van der Waals surface area contributed by atoms with Crippen molar-refractivity contribution >= 4 is 6.09 Å². The summed E-state index contributed by atoms with van der Waals surface area (Å²) in [6, 6.07) is -0.540. The molecular formula is C12H23NO5. The summed E-state index contributed by atoms with van der Waals surface area (Å²) >= 11 is 0. The first-order valence-corrected chi connectivity index (χ1v) is 6.05. The van der Waals surface area contributed by atoms with Gasteiger partial charge in [-0.1, -0.05) is 0 Å². The highest BCUT2D eigenvalue weighted by molar-refractivity contribution is 5.68. The molecule has 1 unspecified atom stereocenters. The fraction of sp³-hybridized carbons (Fsp3) is 0.917. The van der Waals surface area contributed by atoms with Gasteiger partial charge in [-0.05, 0) is 34.6 Å². The fourth-order valence-electron chi connectivity index (χ4n) is 1.63. The molecule has 6 nitrogen and oxygen atoms in total. The summed E-state index contributed by atoms with van der Waals surface area (Å²) in [5, 5.41) is 11.9. The van der Waals surface area contributed by atoms with E-state index in [1.165, 1.54) is 0 Å². The molecule has 1 heterocycles. The van der Waals surface area contributed by atoms with Crippen LogP contribution in [0.15, 0.2) is 0 Å². The standard InChI is InChI=1S/C12H23NO5/c1-11(2,3)18-10(15)13-8(6-14)9-7-16-12(4,5)17-9/h8-9,14H,6-7H2,1-5H3,(H,13,15)/t8?,9-/m1/s1. The first-order valence-electron chi connectivity index (χ1n) is 6.05. The molecule has 0 saturated carbocycles. The zero-order chi connectivity index (χ0) is 14.0. The average molecular weight is 261 g/mol. The van der Waals surface area contributed by atoms with Crippen LogP contribution in [0.4, 0.5) is 4.79 Å². The van der Waals surface area contributed by atoms with Crippen molar-refractivity contribution < 1.29 is 24.1 Å². The van der Waals surface area contributed by atoms with Crippen LogP contribution < -0.4 is 5.32 Å². The zero-order valence-electron chi connectivity index (χ0n) is 11.6. The molecule has 6 heteroatoms. The number of rotatable bonds is 3. The van der Waals surface area contributed by atoms with Crippen molar-refractivity contribution in [1.82, 2.24) is 5.32 Å². The van der Waals surface area contributed by atoms with Crippen LogP contribution in [0.3, 0.4) is 0 Å². The van der Waals surface area contributed by atoms with Gasteiger partial charge in [-0.15, -0.1) is 0 Å². The maximum absolute atomic E-state index is 11.6. The highest BCUT2D eigenvalue weighted by Crippen LogP contribution is 2.24. The minimum atomic E-state index is -0.687. The van der Waals surface area contributed by atoms with Crippen LogP contribution in [-0.2, 0) is 14.2 Å². The molecule has 0 aromatic rings. The Morgan fingerprint density at radius 2 is 2.17 bits per heavy atom. The second kappa shape index (κ2) is 5.42. The smallest absolute Gasteiger partial charge is 0.408 e. The van der Waals surface area contributed by atoms with Gasteiger partial charge in [0, 0.05) is 0 Å². The molecule has 18 heavy (non-hydrogen) atoms. The van der Waals surface area contributed by atoms with Crippen molar-refractivity contribution in [2.75, 3.05) is 13.2 Å². The summed E-state index contributed by atoms with van der Waals surface area (Å²) in [6.45, 7) is 9.00. The predicted octanol–water partition coefficient (Wildman–Crippen LogP) is 1.02. The topological polar surface area (TPSA) is 77.0 Å². The van der Waals surface area contributed by atoms with Gasteiger partial charge in [0.2, 0.25) is 0 Å². The molecule has 1 fully saturated rings. The van der Waals surface area contributed by atoms with Gasteiger partial charge in [0.25, 0.3) is 0 Å². The molecule has 0 aromatic carbocycles. The summed E-state index contributed by atoms with van der Waals surface area (Å²) in [7, 11) is 0. The van der Waals surface area contributed by atoms with Crippen molar-refractivity contribution in [2.24, 2.45) is 0 Å². The van der Waals surface area contributed by atoms with Crippen LogP contribution in [-0.4, -0.2) is 47.9 Å².